The smallest absolute Gasteiger partial charge is 0.262 e. The van der Waals surface area contributed by atoms with Gasteiger partial charge in [-0.15, -0.1) is 0 Å². The van der Waals surface area contributed by atoms with Crippen LogP contribution in [0.3, 0.4) is 0 Å². The van der Waals surface area contributed by atoms with Gasteiger partial charge in [0.15, 0.2) is 16.8 Å². The maximum Gasteiger partial charge on any atom is 0.262 e. The number of fused-ring (bicyclic) bond motifs is 1. The fraction of sp³-hybridized carbons (Fsp3) is 0.0476. The van der Waals surface area contributed by atoms with Gasteiger partial charge in [-0.2, -0.15) is 0 Å². The molecule has 2 N–H and O–H groups in total. The number of nitrogens with zero attached hydrogens (tertiary/aromatic N) is 1. The molecule has 1 heterocycles. The number of ether oxygens (including phenoxy) is 1. The van der Waals surface area contributed by atoms with E-state index in [1.54, 1.807) is 31.4 Å². The number of carbonyl (C=O) groups is 1. The number of amides is 1. The number of hydrogen-bond donors (Lipinski definition) is 2. The first-order valence-electron chi connectivity index (χ1n) is 9.09. The Morgan fingerprint density at radius 3 is 2.56 bits per heavy atom. The van der Waals surface area contributed by atoms with Crippen LogP contribution in [0.2, 0.25) is 0 Å². The van der Waals surface area contributed by atoms with Gasteiger partial charge in [0.05, 0.1) is 33.5 Å². The van der Waals surface area contributed by atoms with Gasteiger partial charge in [0.25, 0.3) is 15.9 Å². The molecule has 0 spiro atoms. The number of para-hydroxylation sites is 1. The minimum atomic E-state index is -4.27. The molecule has 1 aromatic heterocycles. The molecule has 0 saturated heterocycles. The van der Waals surface area contributed by atoms with Crippen molar-refractivity contribution in [3.8, 4) is 5.75 Å². The van der Waals surface area contributed by atoms with Crippen molar-refractivity contribution in [3.05, 3.63) is 77.9 Å². The summed E-state index contributed by atoms with van der Waals surface area (Å²) in [7, 11) is -2.73. The molecule has 164 valence electrons. The number of nitrogens with one attached hydrogen (secondary N) is 2. The van der Waals surface area contributed by atoms with Crippen LogP contribution >= 0.6 is 11.3 Å². The summed E-state index contributed by atoms with van der Waals surface area (Å²) < 4.78 is 60.1. The van der Waals surface area contributed by atoms with E-state index in [4.69, 9.17) is 4.74 Å². The SMILES string of the molecule is COc1ccc2nc(NC(=O)c3ccccc3NS(=O)(=O)c3ccc(F)c(F)c3)sc2c1. The molecule has 0 aliphatic carbocycles. The molecule has 0 unspecified atom stereocenters. The molecule has 4 aromatic rings. The van der Waals surface area contributed by atoms with Crippen molar-refractivity contribution in [3.63, 3.8) is 0 Å². The average Bonchev–Trinajstić information content (AvgIpc) is 3.16. The lowest BCUT2D eigenvalue weighted by molar-refractivity contribution is 0.102. The number of halogens is 2. The average molecular weight is 475 g/mol. The zero-order valence-corrected chi connectivity index (χ0v) is 18.1. The van der Waals surface area contributed by atoms with Gasteiger partial charge in [0, 0.05) is 0 Å². The van der Waals surface area contributed by atoms with Crippen molar-refractivity contribution in [2.24, 2.45) is 0 Å². The molecule has 0 fully saturated rings. The molecule has 1 amide bonds. The third kappa shape index (κ3) is 4.39. The van der Waals surface area contributed by atoms with Crippen LogP contribution < -0.4 is 14.8 Å². The summed E-state index contributed by atoms with van der Waals surface area (Å²) in [5, 5.41) is 2.97. The molecule has 4 rings (SSSR count). The van der Waals surface area contributed by atoms with Crippen LogP contribution in [0, 0.1) is 11.6 Å². The van der Waals surface area contributed by atoms with Crippen LogP contribution in [0.1, 0.15) is 10.4 Å². The summed E-state index contributed by atoms with van der Waals surface area (Å²) in [6.07, 6.45) is 0. The first-order valence-corrected chi connectivity index (χ1v) is 11.4. The van der Waals surface area contributed by atoms with Crippen LogP contribution in [0.4, 0.5) is 19.6 Å². The number of methoxy groups -OCH3 is 1. The summed E-state index contributed by atoms with van der Waals surface area (Å²) in [5.74, 6) is -2.42. The lowest BCUT2D eigenvalue weighted by Crippen LogP contribution is -2.18. The quantitative estimate of drug-likeness (QED) is 0.424. The predicted molar refractivity (Wildman–Crippen MR) is 118 cm³/mol. The van der Waals surface area contributed by atoms with Gasteiger partial charge in [-0.05, 0) is 48.5 Å². The highest BCUT2D eigenvalue weighted by Crippen LogP contribution is 2.30. The van der Waals surface area contributed by atoms with E-state index in [0.717, 1.165) is 10.8 Å². The van der Waals surface area contributed by atoms with E-state index in [1.807, 2.05) is 0 Å². The Balaban J connectivity index is 1.60. The molecule has 3 aromatic carbocycles. The highest BCUT2D eigenvalue weighted by Gasteiger charge is 2.21. The highest BCUT2D eigenvalue weighted by molar-refractivity contribution is 7.92. The van der Waals surface area contributed by atoms with Gasteiger partial charge in [-0.1, -0.05) is 23.5 Å². The van der Waals surface area contributed by atoms with Crippen LogP contribution in [-0.4, -0.2) is 26.4 Å². The number of anilines is 2. The number of hydrogen-bond acceptors (Lipinski definition) is 6. The zero-order valence-electron chi connectivity index (χ0n) is 16.4. The van der Waals surface area contributed by atoms with Crippen molar-refractivity contribution < 1.29 is 26.7 Å². The summed E-state index contributed by atoms with van der Waals surface area (Å²) in [6.45, 7) is 0. The van der Waals surface area contributed by atoms with Crippen molar-refractivity contribution in [1.29, 1.82) is 0 Å². The van der Waals surface area contributed by atoms with E-state index in [-0.39, 0.29) is 11.3 Å². The first-order chi connectivity index (χ1) is 15.3. The topological polar surface area (TPSA) is 97.4 Å². The first kappa shape index (κ1) is 21.7. The lowest BCUT2D eigenvalue weighted by atomic mass is 10.2. The van der Waals surface area contributed by atoms with Crippen molar-refractivity contribution in [2.75, 3.05) is 17.1 Å². The van der Waals surface area contributed by atoms with Gasteiger partial charge in [-0.3, -0.25) is 14.8 Å². The third-order valence-electron chi connectivity index (χ3n) is 4.43. The largest absolute Gasteiger partial charge is 0.497 e. The summed E-state index contributed by atoms with van der Waals surface area (Å²) >= 11 is 1.23. The Bertz CT molecular complexity index is 1440. The van der Waals surface area contributed by atoms with Crippen LogP contribution in [0.5, 0.6) is 5.75 Å². The number of sulfonamides is 1. The van der Waals surface area contributed by atoms with E-state index in [1.165, 1.54) is 29.5 Å². The van der Waals surface area contributed by atoms with Crippen LogP contribution in [0.25, 0.3) is 10.2 Å². The second kappa shape index (κ2) is 8.52. The monoisotopic (exact) mass is 475 g/mol. The molecular formula is C21H15F2N3O4S2. The normalized spacial score (nSPS) is 11.3. The Morgan fingerprint density at radius 2 is 1.81 bits per heavy atom. The number of carbonyl (C=O) groups excluding carboxylic acids is 1. The second-order valence-corrected chi connectivity index (χ2v) is 9.25. The fourth-order valence-corrected chi connectivity index (χ4v) is 4.85. The maximum atomic E-state index is 13.5. The van der Waals surface area contributed by atoms with E-state index >= 15 is 0 Å². The van der Waals surface area contributed by atoms with Gasteiger partial charge >= 0.3 is 0 Å². The van der Waals surface area contributed by atoms with Gasteiger partial charge in [0.2, 0.25) is 0 Å². The molecule has 0 atom stereocenters. The maximum absolute atomic E-state index is 13.5. The summed E-state index contributed by atoms with van der Waals surface area (Å²) in [5.41, 5.74) is 0.659. The third-order valence-corrected chi connectivity index (χ3v) is 6.73. The Morgan fingerprint density at radius 1 is 1.03 bits per heavy atom. The number of benzene rings is 3. The molecule has 11 heteroatoms. The Labute approximate surface area is 185 Å². The Kier molecular flexibility index (Phi) is 5.76. The minimum Gasteiger partial charge on any atom is -0.497 e. The van der Waals surface area contributed by atoms with Crippen molar-refractivity contribution >= 4 is 48.3 Å². The van der Waals surface area contributed by atoms with E-state index < -0.39 is 32.5 Å². The fourth-order valence-electron chi connectivity index (χ4n) is 2.87. The van der Waals surface area contributed by atoms with Crippen LogP contribution in [0.15, 0.2) is 65.6 Å². The molecule has 0 radical (unpaired) electrons. The van der Waals surface area contributed by atoms with E-state index in [2.05, 4.69) is 15.0 Å². The minimum absolute atomic E-state index is 0.0236. The molecule has 0 saturated carbocycles. The molecular weight excluding hydrogens is 460 g/mol. The van der Waals surface area contributed by atoms with E-state index in [9.17, 15) is 22.0 Å². The van der Waals surface area contributed by atoms with Gasteiger partial charge < -0.3 is 4.74 Å². The molecule has 0 aliphatic heterocycles. The molecule has 0 aliphatic rings. The predicted octanol–water partition coefficient (Wildman–Crippen LogP) is 4.64. The number of rotatable bonds is 6. The molecule has 0 bridgehead atoms. The molecule has 7 nitrogen and oxygen atoms in total. The summed E-state index contributed by atoms with van der Waals surface area (Å²) in [6, 6.07) is 13.4. The summed E-state index contributed by atoms with van der Waals surface area (Å²) in [4.78, 5) is 16.7. The molecule has 32 heavy (non-hydrogen) atoms. The van der Waals surface area contributed by atoms with Gasteiger partial charge in [0.1, 0.15) is 5.75 Å². The number of thiazole rings is 1. The van der Waals surface area contributed by atoms with Crippen molar-refractivity contribution in [2.45, 2.75) is 4.90 Å². The zero-order chi connectivity index (χ0) is 22.9. The standard InChI is InChI=1S/C21H15F2N3O4S2/c1-30-12-6-9-18-19(10-12)31-21(24-18)25-20(27)14-4-2-3-5-17(14)26-32(28,29)13-7-8-15(22)16(23)11-13/h2-11,26H,1H3,(H,24,25,27). The Hall–Kier alpha value is -3.57. The van der Waals surface area contributed by atoms with Crippen molar-refractivity contribution in [1.82, 2.24) is 4.98 Å². The second-order valence-electron chi connectivity index (χ2n) is 6.53. The highest BCUT2D eigenvalue weighted by atomic mass is 32.2. The van der Waals surface area contributed by atoms with Crippen LogP contribution in [-0.2, 0) is 10.0 Å². The van der Waals surface area contributed by atoms with Gasteiger partial charge in [-0.25, -0.2) is 22.2 Å². The number of aromatic nitrogens is 1. The lowest BCUT2D eigenvalue weighted by Gasteiger charge is -2.12. The van der Waals surface area contributed by atoms with E-state index in [0.29, 0.717) is 28.5 Å².